The normalized spacial score (nSPS) is 14.9. The van der Waals surface area contributed by atoms with Gasteiger partial charge in [0.15, 0.2) is 16.5 Å². The lowest BCUT2D eigenvalue weighted by Gasteiger charge is -2.21. The van der Waals surface area contributed by atoms with Crippen molar-refractivity contribution in [3.05, 3.63) is 35.5 Å². The SMILES string of the molecule is COc1ccc(C(=O)Nc2nc3c(s2)c(C(=O)O)nn3C2CCCCC2)cc1. The zero-order valence-electron chi connectivity index (χ0n) is 15.3. The molecule has 0 unspecified atom stereocenters. The van der Waals surface area contributed by atoms with Crippen molar-refractivity contribution in [1.29, 1.82) is 0 Å². The molecule has 1 fully saturated rings. The predicted octanol–water partition coefficient (Wildman–Crippen LogP) is 3.96. The molecule has 2 aromatic heterocycles. The number of carboxylic acid groups (broad SMARTS) is 1. The minimum atomic E-state index is -1.09. The Morgan fingerprint density at radius 2 is 1.93 bits per heavy atom. The average Bonchev–Trinajstić information content (AvgIpc) is 3.27. The summed E-state index contributed by atoms with van der Waals surface area (Å²) in [5.41, 5.74) is 0.981. The van der Waals surface area contributed by atoms with Crippen molar-refractivity contribution in [2.75, 3.05) is 12.4 Å². The molecule has 1 amide bonds. The van der Waals surface area contributed by atoms with E-state index in [1.807, 2.05) is 0 Å². The van der Waals surface area contributed by atoms with E-state index < -0.39 is 5.97 Å². The van der Waals surface area contributed by atoms with Crippen LogP contribution >= 0.6 is 11.3 Å². The van der Waals surface area contributed by atoms with Crippen molar-refractivity contribution in [3.8, 4) is 5.75 Å². The Balaban J connectivity index is 1.64. The first kappa shape index (κ1) is 18.4. The minimum absolute atomic E-state index is 0.0111. The van der Waals surface area contributed by atoms with Crippen LogP contribution in [-0.4, -0.2) is 38.9 Å². The first-order chi connectivity index (χ1) is 13.6. The third-order valence-electron chi connectivity index (χ3n) is 4.94. The maximum absolute atomic E-state index is 12.5. The van der Waals surface area contributed by atoms with Gasteiger partial charge in [-0.3, -0.25) is 10.1 Å². The molecule has 2 heterocycles. The van der Waals surface area contributed by atoms with Gasteiger partial charge in [-0.2, -0.15) is 10.1 Å². The lowest BCUT2D eigenvalue weighted by atomic mass is 9.96. The van der Waals surface area contributed by atoms with Crippen molar-refractivity contribution in [3.63, 3.8) is 0 Å². The number of nitrogens with zero attached hydrogens (tertiary/aromatic N) is 3. The number of thiazole rings is 1. The van der Waals surface area contributed by atoms with Gasteiger partial charge in [0.1, 0.15) is 10.4 Å². The summed E-state index contributed by atoms with van der Waals surface area (Å²) < 4.78 is 7.32. The summed E-state index contributed by atoms with van der Waals surface area (Å²) in [6.45, 7) is 0. The number of nitrogens with one attached hydrogen (secondary N) is 1. The highest BCUT2D eigenvalue weighted by Crippen LogP contribution is 2.35. The van der Waals surface area contributed by atoms with Gasteiger partial charge in [0.2, 0.25) is 0 Å². The van der Waals surface area contributed by atoms with Gasteiger partial charge < -0.3 is 9.84 Å². The minimum Gasteiger partial charge on any atom is -0.497 e. The number of amides is 1. The second kappa shape index (κ2) is 7.59. The van der Waals surface area contributed by atoms with Crippen LogP contribution in [0, 0.1) is 0 Å². The van der Waals surface area contributed by atoms with Crippen molar-refractivity contribution in [1.82, 2.24) is 14.8 Å². The van der Waals surface area contributed by atoms with Crippen LogP contribution < -0.4 is 10.1 Å². The quantitative estimate of drug-likeness (QED) is 0.671. The Morgan fingerprint density at radius 1 is 1.21 bits per heavy atom. The van der Waals surface area contributed by atoms with Gasteiger partial charge in [0.25, 0.3) is 5.91 Å². The Bertz CT molecular complexity index is 1020. The maximum atomic E-state index is 12.5. The van der Waals surface area contributed by atoms with Crippen LogP contribution in [-0.2, 0) is 0 Å². The van der Waals surface area contributed by atoms with Crippen LogP contribution in [0.4, 0.5) is 5.13 Å². The highest BCUT2D eigenvalue weighted by atomic mass is 32.1. The first-order valence-electron chi connectivity index (χ1n) is 9.14. The Hall–Kier alpha value is -2.94. The van der Waals surface area contributed by atoms with E-state index >= 15 is 0 Å². The third-order valence-corrected chi connectivity index (χ3v) is 5.91. The predicted molar refractivity (Wildman–Crippen MR) is 105 cm³/mol. The average molecular weight is 400 g/mol. The van der Waals surface area contributed by atoms with Gasteiger partial charge in [0.05, 0.1) is 13.2 Å². The van der Waals surface area contributed by atoms with Gasteiger partial charge in [-0.1, -0.05) is 30.6 Å². The highest BCUT2D eigenvalue weighted by molar-refractivity contribution is 7.22. The number of rotatable bonds is 5. The van der Waals surface area contributed by atoms with E-state index in [2.05, 4.69) is 15.4 Å². The molecule has 9 heteroatoms. The standard InChI is InChI=1S/C19H20N4O4S/c1-27-13-9-7-11(8-10-13)17(24)21-19-20-16-15(28-19)14(18(25)26)22-23(16)12-5-3-2-4-6-12/h7-10,12H,2-6H2,1H3,(H,25,26)(H,20,21,24). The summed E-state index contributed by atoms with van der Waals surface area (Å²) in [6.07, 6.45) is 5.30. The molecule has 0 bridgehead atoms. The lowest BCUT2D eigenvalue weighted by molar-refractivity contribution is 0.0690. The zero-order valence-corrected chi connectivity index (χ0v) is 16.2. The fourth-order valence-electron chi connectivity index (χ4n) is 3.51. The van der Waals surface area contributed by atoms with Crippen molar-refractivity contribution in [2.24, 2.45) is 0 Å². The van der Waals surface area contributed by atoms with Gasteiger partial charge in [-0.15, -0.1) is 0 Å². The summed E-state index contributed by atoms with van der Waals surface area (Å²) >= 11 is 1.14. The second-order valence-corrected chi connectivity index (χ2v) is 7.74. The molecule has 2 N–H and O–H groups in total. The fourth-order valence-corrected chi connectivity index (χ4v) is 4.43. The number of fused-ring (bicyclic) bond motifs is 1. The molecular weight excluding hydrogens is 380 g/mol. The number of carbonyl (C=O) groups is 2. The number of aromatic carboxylic acids is 1. The molecule has 146 valence electrons. The molecule has 0 atom stereocenters. The van der Waals surface area contributed by atoms with Crippen LogP contribution in [0.5, 0.6) is 5.75 Å². The summed E-state index contributed by atoms with van der Waals surface area (Å²) in [6, 6.07) is 6.88. The Kier molecular flexibility index (Phi) is 4.99. The van der Waals surface area contributed by atoms with Crippen LogP contribution in [0.1, 0.15) is 59.0 Å². The topological polar surface area (TPSA) is 106 Å². The number of ether oxygens (including phenoxy) is 1. The maximum Gasteiger partial charge on any atom is 0.357 e. The molecule has 4 rings (SSSR count). The molecular formula is C19H20N4O4S. The fraction of sp³-hybridized carbons (Fsp3) is 0.368. The first-order valence-corrected chi connectivity index (χ1v) is 9.96. The van der Waals surface area contributed by atoms with E-state index in [1.165, 1.54) is 6.42 Å². The molecule has 1 saturated carbocycles. The smallest absolute Gasteiger partial charge is 0.357 e. The van der Waals surface area contributed by atoms with E-state index in [0.29, 0.717) is 26.8 Å². The van der Waals surface area contributed by atoms with Gasteiger partial charge in [-0.25, -0.2) is 9.48 Å². The zero-order chi connectivity index (χ0) is 19.7. The van der Waals surface area contributed by atoms with E-state index in [-0.39, 0.29) is 17.6 Å². The molecule has 1 aliphatic rings. The van der Waals surface area contributed by atoms with E-state index in [1.54, 1.807) is 36.1 Å². The third kappa shape index (κ3) is 3.45. The summed E-state index contributed by atoms with van der Waals surface area (Å²) in [4.78, 5) is 28.6. The molecule has 1 aromatic carbocycles. The second-order valence-electron chi connectivity index (χ2n) is 6.74. The number of hydrogen-bond acceptors (Lipinski definition) is 6. The number of methoxy groups -OCH3 is 1. The van der Waals surface area contributed by atoms with Gasteiger partial charge in [-0.05, 0) is 37.1 Å². The summed E-state index contributed by atoms with van der Waals surface area (Å²) in [5, 5.41) is 16.9. The number of benzene rings is 1. The van der Waals surface area contributed by atoms with E-state index in [4.69, 9.17) is 4.74 Å². The molecule has 0 saturated heterocycles. The number of hydrogen-bond donors (Lipinski definition) is 2. The lowest BCUT2D eigenvalue weighted by Crippen LogP contribution is -2.15. The number of carbonyl (C=O) groups excluding carboxylic acids is 1. The Labute approximate surface area is 165 Å². The summed E-state index contributed by atoms with van der Waals surface area (Å²) in [7, 11) is 1.56. The molecule has 0 radical (unpaired) electrons. The monoisotopic (exact) mass is 400 g/mol. The van der Waals surface area contributed by atoms with E-state index in [0.717, 1.165) is 37.0 Å². The van der Waals surface area contributed by atoms with Crippen LogP contribution in [0.2, 0.25) is 0 Å². The van der Waals surface area contributed by atoms with Crippen molar-refractivity contribution in [2.45, 2.75) is 38.1 Å². The van der Waals surface area contributed by atoms with Crippen molar-refractivity contribution >= 4 is 38.7 Å². The van der Waals surface area contributed by atoms with Gasteiger partial charge in [0, 0.05) is 5.56 Å². The molecule has 0 aliphatic heterocycles. The molecule has 28 heavy (non-hydrogen) atoms. The van der Waals surface area contributed by atoms with Crippen LogP contribution in [0.15, 0.2) is 24.3 Å². The summed E-state index contributed by atoms with van der Waals surface area (Å²) in [5.74, 6) is -0.737. The Morgan fingerprint density at radius 3 is 2.57 bits per heavy atom. The number of anilines is 1. The highest BCUT2D eigenvalue weighted by Gasteiger charge is 2.26. The molecule has 1 aliphatic carbocycles. The van der Waals surface area contributed by atoms with Crippen molar-refractivity contribution < 1.29 is 19.4 Å². The van der Waals surface area contributed by atoms with Crippen LogP contribution in [0.3, 0.4) is 0 Å². The van der Waals surface area contributed by atoms with E-state index in [9.17, 15) is 14.7 Å². The van der Waals surface area contributed by atoms with Crippen LogP contribution in [0.25, 0.3) is 10.3 Å². The number of carboxylic acids is 1. The number of aromatic nitrogens is 3. The van der Waals surface area contributed by atoms with Gasteiger partial charge >= 0.3 is 5.97 Å². The molecule has 0 spiro atoms. The largest absolute Gasteiger partial charge is 0.497 e. The molecule has 8 nitrogen and oxygen atoms in total. The molecule has 3 aromatic rings.